The Labute approximate surface area is 380 Å². The van der Waals surface area contributed by atoms with Crippen LogP contribution in [0.4, 0.5) is 11.4 Å². The predicted octanol–water partition coefficient (Wildman–Crippen LogP) is 9.28. The molecule has 1 atom stereocenters. The number of aryl methyl sites for hydroxylation is 1. The van der Waals surface area contributed by atoms with Gasteiger partial charge in [-0.2, -0.15) is 0 Å². The monoisotopic (exact) mass is 874 g/mol. The molecule has 0 spiro atoms. The SMILES string of the molecule is CC(C)(C)OC(=O)CCOCCNC(=O)c1cccc2c1ccn2Cc1cccc(C(=O)Nc2ccc(N3CCCCC3)cc2-c2cc(C(=O)NC3CCCc4ccccc43)ccn2)c1. The van der Waals surface area contributed by atoms with Gasteiger partial charge in [0.15, 0.2) is 0 Å². The molecule has 0 bridgehead atoms. The van der Waals surface area contributed by atoms with Gasteiger partial charge >= 0.3 is 5.97 Å². The maximum Gasteiger partial charge on any atom is 0.308 e. The Hall–Kier alpha value is -6.79. The third kappa shape index (κ3) is 11.3. The number of fused-ring (bicyclic) bond motifs is 2. The summed E-state index contributed by atoms with van der Waals surface area (Å²) in [5.74, 6) is -0.970. The molecule has 4 aromatic carbocycles. The molecule has 2 aliphatic rings. The summed E-state index contributed by atoms with van der Waals surface area (Å²) in [6.45, 7) is 8.62. The molecule has 3 heterocycles. The molecule has 6 aromatic rings. The van der Waals surface area contributed by atoms with Gasteiger partial charge in [0.2, 0.25) is 0 Å². The molecule has 65 heavy (non-hydrogen) atoms. The highest BCUT2D eigenvalue weighted by Gasteiger charge is 2.24. The second kappa shape index (κ2) is 20.4. The molecule has 3 amide bonds. The first-order valence-corrected chi connectivity index (χ1v) is 22.8. The Kier molecular flexibility index (Phi) is 14.0. The summed E-state index contributed by atoms with van der Waals surface area (Å²) in [4.78, 5) is 60.2. The normalized spacial score (nSPS) is 14.9. The molecule has 336 valence electrons. The maximum atomic E-state index is 14.1. The zero-order valence-corrected chi connectivity index (χ0v) is 37.5. The van der Waals surface area contributed by atoms with Crippen LogP contribution in [0.2, 0.25) is 0 Å². The molecule has 1 aliphatic heterocycles. The van der Waals surface area contributed by atoms with Crippen molar-refractivity contribution >= 4 is 46.0 Å². The standard InChI is InChI=1S/C53H58N6O6/c1-53(2,3)65-49(60)24-30-64-31-26-55-52(63)43-17-11-19-48-42(43)23-29-59(48)35-36-12-9-15-38(32-36)50(61)57-46-21-20-40(58-27-7-4-8-28-58)34-44(46)47-33-39(22-25-54-47)51(62)56-45-18-10-14-37-13-5-6-16-41(37)45/h5-6,9,11-13,15-17,19-23,25,29,32-34,45H,4,7-8,10,14,18,24,26-28,30-31,35H2,1-3H3,(H,55,63)(H,56,62)(H,57,61). The summed E-state index contributed by atoms with van der Waals surface area (Å²) in [5, 5.41) is 10.2. The van der Waals surface area contributed by atoms with Gasteiger partial charge < -0.3 is 34.9 Å². The van der Waals surface area contributed by atoms with Crippen molar-refractivity contribution < 1.29 is 28.7 Å². The fraction of sp³-hybridized carbons (Fsp3) is 0.340. The summed E-state index contributed by atoms with van der Waals surface area (Å²) < 4.78 is 12.9. The molecule has 1 saturated heterocycles. The number of carbonyl (C=O) groups is 4. The summed E-state index contributed by atoms with van der Waals surface area (Å²) in [5.41, 5.74) is 8.23. The van der Waals surface area contributed by atoms with Gasteiger partial charge in [0, 0.05) is 77.4 Å². The van der Waals surface area contributed by atoms with Crippen LogP contribution in [0.3, 0.4) is 0 Å². The van der Waals surface area contributed by atoms with Gasteiger partial charge in [-0.1, -0.05) is 42.5 Å². The number of pyridine rings is 1. The fourth-order valence-electron chi connectivity index (χ4n) is 8.81. The van der Waals surface area contributed by atoms with Crippen LogP contribution in [0.25, 0.3) is 22.2 Å². The van der Waals surface area contributed by atoms with E-state index in [1.807, 2.05) is 87.6 Å². The fourth-order valence-corrected chi connectivity index (χ4v) is 8.81. The van der Waals surface area contributed by atoms with Gasteiger partial charge in [0.05, 0.1) is 37.1 Å². The largest absolute Gasteiger partial charge is 0.460 e. The number of rotatable bonds is 15. The summed E-state index contributed by atoms with van der Waals surface area (Å²) in [6, 6.07) is 33.0. The smallest absolute Gasteiger partial charge is 0.308 e. The Bertz CT molecular complexity index is 2680. The number of hydrogen-bond donors (Lipinski definition) is 3. The molecule has 1 aliphatic carbocycles. The lowest BCUT2D eigenvalue weighted by Crippen LogP contribution is -2.31. The number of hydrogen-bond acceptors (Lipinski definition) is 8. The van der Waals surface area contributed by atoms with Crippen molar-refractivity contribution in [1.29, 1.82) is 0 Å². The first-order chi connectivity index (χ1) is 31.5. The lowest BCUT2D eigenvalue weighted by atomic mass is 9.87. The Balaban J connectivity index is 0.950. The van der Waals surface area contributed by atoms with E-state index in [9.17, 15) is 19.2 Å². The van der Waals surface area contributed by atoms with E-state index in [1.54, 1.807) is 24.4 Å². The van der Waals surface area contributed by atoms with Gasteiger partial charge in [-0.25, -0.2) is 0 Å². The Morgan fingerprint density at radius 3 is 2.45 bits per heavy atom. The van der Waals surface area contributed by atoms with Crippen LogP contribution in [-0.4, -0.2) is 71.7 Å². The summed E-state index contributed by atoms with van der Waals surface area (Å²) in [6.07, 6.45) is 10.1. The topological polar surface area (TPSA) is 144 Å². The van der Waals surface area contributed by atoms with Crippen LogP contribution in [0.1, 0.15) is 113 Å². The number of piperidine rings is 1. The number of esters is 1. The van der Waals surface area contributed by atoms with Crippen LogP contribution >= 0.6 is 0 Å². The van der Waals surface area contributed by atoms with Crippen LogP contribution in [0, 0.1) is 0 Å². The zero-order chi connectivity index (χ0) is 45.3. The summed E-state index contributed by atoms with van der Waals surface area (Å²) >= 11 is 0. The first-order valence-electron chi connectivity index (χ1n) is 22.8. The third-order valence-electron chi connectivity index (χ3n) is 11.9. The second-order valence-corrected chi connectivity index (χ2v) is 17.9. The lowest BCUT2D eigenvalue weighted by Gasteiger charge is -2.29. The van der Waals surface area contributed by atoms with Gasteiger partial charge in [0.25, 0.3) is 17.7 Å². The highest BCUT2D eigenvalue weighted by Crippen LogP contribution is 2.34. The first kappa shape index (κ1) is 44.8. The highest BCUT2D eigenvalue weighted by atomic mass is 16.6. The second-order valence-electron chi connectivity index (χ2n) is 17.9. The number of aromatic nitrogens is 2. The number of nitrogens with zero attached hydrogens (tertiary/aromatic N) is 3. The molecule has 3 N–H and O–H groups in total. The van der Waals surface area contributed by atoms with Crippen LogP contribution in [0.15, 0.2) is 116 Å². The number of benzene rings is 4. The van der Waals surface area contributed by atoms with E-state index in [4.69, 9.17) is 14.5 Å². The molecular formula is C53H58N6O6. The molecule has 12 nitrogen and oxygen atoms in total. The van der Waals surface area contributed by atoms with Crippen molar-refractivity contribution in [3.8, 4) is 11.3 Å². The van der Waals surface area contributed by atoms with E-state index >= 15 is 0 Å². The highest BCUT2D eigenvalue weighted by molar-refractivity contribution is 6.07. The van der Waals surface area contributed by atoms with Crippen molar-refractivity contribution in [1.82, 2.24) is 20.2 Å². The van der Waals surface area contributed by atoms with E-state index in [0.29, 0.717) is 41.2 Å². The quantitative estimate of drug-likeness (QED) is 0.0685. The van der Waals surface area contributed by atoms with E-state index < -0.39 is 5.60 Å². The third-order valence-corrected chi connectivity index (χ3v) is 11.9. The van der Waals surface area contributed by atoms with Gasteiger partial charge in [0.1, 0.15) is 5.60 Å². The molecule has 8 rings (SSSR count). The minimum atomic E-state index is -0.545. The van der Waals surface area contributed by atoms with Crippen molar-refractivity contribution in [2.45, 2.75) is 83.9 Å². The molecule has 2 aromatic heterocycles. The number of carbonyl (C=O) groups excluding carboxylic acids is 4. The summed E-state index contributed by atoms with van der Waals surface area (Å²) in [7, 11) is 0. The van der Waals surface area contributed by atoms with Crippen molar-refractivity contribution in [3.63, 3.8) is 0 Å². The van der Waals surface area contributed by atoms with Gasteiger partial charge in [-0.3, -0.25) is 24.2 Å². The minimum Gasteiger partial charge on any atom is -0.460 e. The predicted molar refractivity (Wildman–Crippen MR) is 254 cm³/mol. The van der Waals surface area contributed by atoms with E-state index in [2.05, 4.69) is 49.7 Å². The maximum absolute atomic E-state index is 14.1. The van der Waals surface area contributed by atoms with E-state index in [0.717, 1.165) is 72.9 Å². The average Bonchev–Trinajstić information content (AvgIpc) is 3.72. The number of ether oxygens (including phenoxy) is 2. The molecule has 1 fully saturated rings. The van der Waals surface area contributed by atoms with E-state index in [-0.39, 0.29) is 49.4 Å². The van der Waals surface area contributed by atoms with Crippen molar-refractivity contribution in [2.75, 3.05) is 43.1 Å². The van der Waals surface area contributed by atoms with Crippen molar-refractivity contribution in [3.05, 3.63) is 149 Å². The molecule has 0 saturated carbocycles. The zero-order valence-electron chi connectivity index (χ0n) is 37.5. The number of nitrogens with one attached hydrogen (secondary N) is 3. The van der Waals surface area contributed by atoms with Crippen LogP contribution in [-0.2, 0) is 27.2 Å². The molecule has 1 unspecified atom stereocenters. The van der Waals surface area contributed by atoms with Crippen LogP contribution < -0.4 is 20.9 Å². The van der Waals surface area contributed by atoms with Crippen molar-refractivity contribution in [2.24, 2.45) is 0 Å². The molecule has 12 heteroatoms. The van der Waals surface area contributed by atoms with E-state index in [1.165, 1.54) is 17.5 Å². The number of anilines is 2. The Morgan fingerprint density at radius 1 is 0.785 bits per heavy atom. The molecular weight excluding hydrogens is 817 g/mol. The molecule has 0 radical (unpaired) electrons. The van der Waals surface area contributed by atoms with Gasteiger partial charge in [-0.15, -0.1) is 0 Å². The number of amides is 3. The average molecular weight is 875 g/mol. The van der Waals surface area contributed by atoms with Gasteiger partial charge in [-0.05, 0) is 137 Å². The minimum absolute atomic E-state index is 0.0559. The Morgan fingerprint density at radius 2 is 1.60 bits per heavy atom. The van der Waals surface area contributed by atoms with Crippen LogP contribution in [0.5, 0.6) is 0 Å². The lowest BCUT2D eigenvalue weighted by molar-refractivity contribution is -0.156.